The zero-order valence-electron chi connectivity index (χ0n) is 28.5. The van der Waals surface area contributed by atoms with Gasteiger partial charge in [0.15, 0.2) is 12.0 Å². The van der Waals surface area contributed by atoms with Crippen molar-refractivity contribution < 1.29 is 51.3 Å². The molecule has 3 unspecified atom stereocenters. The summed E-state index contributed by atoms with van der Waals surface area (Å²) in [4.78, 5) is 22.0. The van der Waals surface area contributed by atoms with Crippen LogP contribution in [0.2, 0.25) is 5.02 Å². The summed E-state index contributed by atoms with van der Waals surface area (Å²) in [6.07, 6.45) is -6.67. The zero-order valence-corrected chi connectivity index (χ0v) is 30.1. The number of carbonyl (C=O) groups excluding carboxylic acids is 1. The Hall–Kier alpha value is -4.00. The highest BCUT2D eigenvalue weighted by molar-refractivity contribution is 7.52. The molecule has 3 heterocycles. The van der Waals surface area contributed by atoms with Gasteiger partial charge in [0.1, 0.15) is 41.4 Å². The number of hydrogen-bond donors (Lipinski definition) is 5. The van der Waals surface area contributed by atoms with Crippen molar-refractivity contribution in [2.24, 2.45) is 5.84 Å². The highest BCUT2D eigenvalue weighted by Crippen LogP contribution is 2.52. The van der Waals surface area contributed by atoms with Gasteiger partial charge < -0.3 is 34.5 Å². The van der Waals surface area contributed by atoms with Gasteiger partial charge in [0, 0.05) is 23.3 Å². The Morgan fingerprint density at radius 1 is 1.19 bits per heavy atom. The molecule has 2 aliphatic rings. The van der Waals surface area contributed by atoms with E-state index in [2.05, 4.69) is 15.1 Å². The third kappa shape index (κ3) is 7.82. The Morgan fingerprint density at radius 2 is 1.89 bits per heavy atom. The summed E-state index contributed by atoms with van der Waals surface area (Å²) in [7, 11) is -4.61. The van der Waals surface area contributed by atoms with E-state index in [0.717, 1.165) is 6.07 Å². The number of hydrazine groups is 1. The largest absolute Gasteiger partial charge is 0.459 e. The number of halogens is 4. The molecule has 0 spiro atoms. The Labute approximate surface area is 306 Å². The van der Waals surface area contributed by atoms with Crippen LogP contribution in [0.3, 0.4) is 0 Å². The molecule has 2 aromatic carbocycles. The molecule has 1 aliphatic carbocycles. The third-order valence-electron chi connectivity index (χ3n) is 9.27. The van der Waals surface area contributed by atoms with Crippen LogP contribution in [0.1, 0.15) is 50.5 Å². The number of nitrogen functional groups attached to an aromatic ring is 1. The van der Waals surface area contributed by atoms with Crippen LogP contribution in [0.25, 0.3) is 11.0 Å². The zero-order chi connectivity index (χ0) is 38.3. The molecule has 286 valence electrons. The Balaban J connectivity index is 1.24. The number of ether oxygens (including phenoxy) is 2. The number of fused-ring (bicyclic) bond motifs is 1. The maximum absolute atomic E-state index is 14.5. The van der Waals surface area contributed by atoms with E-state index in [1.54, 1.807) is 12.3 Å². The maximum Gasteiger partial charge on any atom is 0.459 e. The number of hydrogen-bond acceptors (Lipinski definition) is 13. The van der Waals surface area contributed by atoms with Gasteiger partial charge in [-0.15, -0.1) is 0 Å². The van der Waals surface area contributed by atoms with Crippen molar-refractivity contribution in [2.75, 3.05) is 23.9 Å². The number of aliphatic hydroxyl groups excluding tert-OH is 1. The quantitative estimate of drug-likeness (QED) is 0.0532. The number of nitrogens with one attached hydrogen (secondary N) is 1. The van der Waals surface area contributed by atoms with E-state index in [0.29, 0.717) is 29.2 Å². The lowest BCUT2D eigenvalue weighted by Gasteiger charge is -2.41. The molecule has 2 fully saturated rings. The molecular weight excluding hydrogens is 746 g/mol. The summed E-state index contributed by atoms with van der Waals surface area (Å²) in [5.41, 5.74) is 1.37. The predicted octanol–water partition coefficient (Wildman–Crippen LogP) is 4.85. The minimum absolute atomic E-state index is 0.0258. The first-order valence-corrected chi connectivity index (χ1v) is 18.4. The number of aliphatic hydroxyl groups is 2. The Kier molecular flexibility index (Phi) is 10.7. The normalized spacial score (nSPS) is 23.7. The first kappa shape index (κ1) is 38.7. The smallest absolute Gasteiger partial charge is 0.459 e. The fourth-order valence-electron chi connectivity index (χ4n) is 6.21. The SMILES string of the molecule is CCN(N)c1nc(N)nc2c1ccn2C1OC(COP(=O)(NC2(C(=O)OCc3ccccc3C(F)(F)F)CCC2)Oc2ccc(Cl)cc2)[C@@H](O)[C@@]1(C)O. The van der Waals surface area contributed by atoms with Crippen molar-refractivity contribution in [1.29, 1.82) is 0 Å². The molecule has 20 heteroatoms. The average Bonchev–Trinajstić information content (AvgIpc) is 3.61. The summed E-state index contributed by atoms with van der Waals surface area (Å²) in [6, 6.07) is 12.1. The van der Waals surface area contributed by atoms with Crippen molar-refractivity contribution in [3.05, 3.63) is 76.9 Å². The van der Waals surface area contributed by atoms with Gasteiger partial charge in [-0.25, -0.2) is 10.4 Å². The molecule has 0 amide bonds. The lowest BCUT2D eigenvalue weighted by atomic mass is 9.78. The summed E-state index contributed by atoms with van der Waals surface area (Å²) in [5, 5.41) is 27.7. The van der Waals surface area contributed by atoms with Gasteiger partial charge in [-0.1, -0.05) is 29.8 Å². The first-order chi connectivity index (χ1) is 25.0. The standard InChI is InChI=1S/C33H38ClF3N7O8P/c1-3-44(39)27-22-13-16-43(26(22)40-30(38)41-27)28-31(2,47)25(45)24(51-28)18-50-53(48,52-21-11-9-20(34)10-12-21)42-32(14-6-15-32)29(46)49-17-19-7-4-5-8-23(19)33(35,36)37/h4-5,7-13,16,24-25,28,45,47H,3,6,14-15,17-18,39H2,1-2H3,(H,42,48)(H2,38,40,41)/t24?,25-,28?,31-,53?/m1/s1. The second-order valence-corrected chi connectivity index (χ2v) is 15.1. The maximum atomic E-state index is 14.5. The van der Waals surface area contributed by atoms with E-state index in [-0.39, 0.29) is 35.8 Å². The Bertz CT molecular complexity index is 2010. The van der Waals surface area contributed by atoms with E-state index >= 15 is 0 Å². The number of alkyl halides is 3. The van der Waals surface area contributed by atoms with Crippen molar-refractivity contribution in [3.8, 4) is 5.75 Å². The molecule has 7 N–H and O–H groups in total. The highest BCUT2D eigenvalue weighted by atomic mass is 35.5. The number of carbonyl (C=O) groups is 1. The summed E-state index contributed by atoms with van der Waals surface area (Å²) < 4.78 is 79.8. The molecular formula is C33H38ClF3N7O8P. The lowest BCUT2D eigenvalue weighted by Crippen LogP contribution is -2.57. The number of benzene rings is 2. The van der Waals surface area contributed by atoms with E-state index in [9.17, 15) is 32.7 Å². The molecule has 1 saturated carbocycles. The van der Waals surface area contributed by atoms with Gasteiger partial charge in [-0.05, 0) is 69.5 Å². The van der Waals surface area contributed by atoms with Crippen LogP contribution in [-0.2, 0) is 36.1 Å². The minimum Gasteiger partial charge on any atom is -0.459 e. The third-order valence-corrected chi connectivity index (χ3v) is 11.2. The monoisotopic (exact) mass is 783 g/mol. The summed E-state index contributed by atoms with van der Waals surface area (Å²) in [6.45, 7) is 2.20. The molecule has 4 aromatic rings. The molecule has 6 rings (SSSR count). The van der Waals surface area contributed by atoms with Crippen LogP contribution in [0.5, 0.6) is 5.75 Å². The summed E-state index contributed by atoms with van der Waals surface area (Å²) in [5.74, 6) is 5.37. The van der Waals surface area contributed by atoms with Gasteiger partial charge in [0.05, 0.1) is 17.6 Å². The highest BCUT2D eigenvalue weighted by Gasteiger charge is 2.56. The first-order valence-electron chi connectivity index (χ1n) is 16.5. The molecule has 1 aliphatic heterocycles. The van der Waals surface area contributed by atoms with Crippen LogP contribution >= 0.6 is 19.3 Å². The number of nitrogens with two attached hydrogens (primary N) is 2. The number of rotatable bonds is 13. The van der Waals surface area contributed by atoms with E-state index in [1.807, 2.05) is 6.92 Å². The van der Waals surface area contributed by atoms with Crippen molar-refractivity contribution >= 4 is 48.1 Å². The van der Waals surface area contributed by atoms with Crippen LogP contribution in [0.4, 0.5) is 24.9 Å². The topological polar surface area (TPSA) is 210 Å². The molecule has 0 bridgehead atoms. The van der Waals surface area contributed by atoms with E-state index < -0.39 is 68.2 Å². The second kappa shape index (κ2) is 14.7. The number of nitrogens with zero attached hydrogens (tertiary/aromatic N) is 4. The van der Waals surface area contributed by atoms with Crippen LogP contribution in [0.15, 0.2) is 60.8 Å². The molecule has 0 radical (unpaired) electrons. The number of anilines is 2. The second-order valence-electron chi connectivity index (χ2n) is 13.0. The molecule has 1 saturated heterocycles. The van der Waals surface area contributed by atoms with Crippen LogP contribution in [0, 0.1) is 0 Å². The molecule has 5 atom stereocenters. The van der Waals surface area contributed by atoms with Crippen LogP contribution < -0.4 is 26.2 Å². The minimum atomic E-state index is -4.68. The van der Waals surface area contributed by atoms with E-state index in [1.165, 1.54) is 59.0 Å². The van der Waals surface area contributed by atoms with Gasteiger partial charge in [-0.3, -0.25) is 14.3 Å². The van der Waals surface area contributed by atoms with Crippen LogP contribution in [-0.4, -0.2) is 67.2 Å². The molecule has 53 heavy (non-hydrogen) atoms. The fraction of sp³-hybridized carbons (Fsp3) is 0.424. The van der Waals surface area contributed by atoms with Crippen molar-refractivity contribution in [3.63, 3.8) is 0 Å². The lowest BCUT2D eigenvalue weighted by molar-refractivity contribution is -0.157. The van der Waals surface area contributed by atoms with Gasteiger partial charge in [0.2, 0.25) is 5.95 Å². The fourth-order valence-corrected chi connectivity index (χ4v) is 8.09. The van der Waals surface area contributed by atoms with Crippen molar-refractivity contribution in [1.82, 2.24) is 19.6 Å². The van der Waals surface area contributed by atoms with Gasteiger partial charge >= 0.3 is 19.9 Å². The molecule has 2 aromatic heterocycles. The van der Waals surface area contributed by atoms with Gasteiger partial charge in [0.25, 0.3) is 0 Å². The van der Waals surface area contributed by atoms with Crippen molar-refractivity contribution in [2.45, 2.75) is 75.5 Å². The predicted molar refractivity (Wildman–Crippen MR) is 186 cm³/mol. The van der Waals surface area contributed by atoms with E-state index in [4.69, 9.17) is 41.7 Å². The number of esters is 1. The summed E-state index contributed by atoms with van der Waals surface area (Å²) >= 11 is 6.01. The average molecular weight is 784 g/mol. The molecule has 15 nitrogen and oxygen atoms in total. The Morgan fingerprint density at radius 3 is 2.53 bits per heavy atom. The van der Waals surface area contributed by atoms with Gasteiger partial charge in [-0.2, -0.15) is 28.2 Å². The number of aromatic nitrogens is 3.